The molecule has 0 aromatic heterocycles. The van der Waals surface area contributed by atoms with Crippen molar-refractivity contribution < 1.29 is 19.5 Å². The zero-order valence-corrected chi connectivity index (χ0v) is 24.5. The Labute approximate surface area is 252 Å². The number of hydrogen-bond donors (Lipinski definition) is 3. The number of carbonyl (C=O) groups excluding carboxylic acids is 2. The molecule has 0 radical (unpaired) electrons. The van der Waals surface area contributed by atoms with Gasteiger partial charge in [-0.25, -0.2) is 4.79 Å². The van der Waals surface area contributed by atoms with Crippen LogP contribution >= 0.6 is 0 Å². The van der Waals surface area contributed by atoms with Crippen molar-refractivity contribution in [2.75, 3.05) is 6.54 Å². The maximum atomic E-state index is 13.4. The summed E-state index contributed by atoms with van der Waals surface area (Å²) < 4.78 is 0. The Bertz CT molecular complexity index is 1610. The molecule has 7 heteroatoms. The van der Waals surface area contributed by atoms with Gasteiger partial charge in [-0.3, -0.25) is 9.59 Å². The minimum absolute atomic E-state index is 0.157. The summed E-state index contributed by atoms with van der Waals surface area (Å²) >= 11 is 0. The number of carbonyl (C=O) groups is 3. The van der Waals surface area contributed by atoms with Crippen LogP contribution in [0.4, 0.5) is 0 Å². The summed E-state index contributed by atoms with van der Waals surface area (Å²) in [6.07, 6.45) is 1.22. The van der Waals surface area contributed by atoms with E-state index in [0.29, 0.717) is 18.5 Å². The second kappa shape index (κ2) is 13.0. The molecule has 4 aromatic rings. The first-order chi connectivity index (χ1) is 20.7. The molecule has 2 atom stereocenters. The van der Waals surface area contributed by atoms with Crippen LogP contribution in [0.2, 0.25) is 0 Å². The van der Waals surface area contributed by atoms with Crippen LogP contribution in [0.5, 0.6) is 0 Å². The molecule has 0 fully saturated rings. The molecule has 5 rings (SSSR count). The highest BCUT2D eigenvalue weighted by molar-refractivity contribution is 5.95. The lowest BCUT2D eigenvalue weighted by Gasteiger charge is -2.36. The number of carboxylic acid groups (broad SMARTS) is 1. The van der Waals surface area contributed by atoms with E-state index in [-0.39, 0.29) is 31.2 Å². The van der Waals surface area contributed by atoms with Gasteiger partial charge in [-0.15, -0.1) is 0 Å². The van der Waals surface area contributed by atoms with E-state index < -0.39 is 18.1 Å². The van der Waals surface area contributed by atoms with Crippen LogP contribution in [0.1, 0.15) is 43.7 Å². The van der Waals surface area contributed by atoms with Gasteiger partial charge in [0.15, 0.2) is 0 Å². The van der Waals surface area contributed by atoms with Gasteiger partial charge in [0, 0.05) is 25.1 Å². The van der Waals surface area contributed by atoms with Gasteiger partial charge in [0.05, 0.1) is 6.04 Å². The van der Waals surface area contributed by atoms with Crippen LogP contribution in [0.3, 0.4) is 0 Å². The van der Waals surface area contributed by atoms with Crippen molar-refractivity contribution in [1.82, 2.24) is 10.2 Å². The van der Waals surface area contributed by atoms with Gasteiger partial charge in [-0.05, 0) is 83.3 Å². The Morgan fingerprint density at radius 2 is 1.49 bits per heavy atom. The molecule has 0 saturated heterocycles. The lowest BCUT2D eigenvalue weighted by molar-refractivity contribution is -0.152. The first-order valence-corrected chi connectivity index (χ1v) is 14.6. The molecule has 4 N–H and O–H groups in total. The minimum atomic E-state index is -1.04. The number of amides is 2. The van der Waals surface area contributed by atoms with Gasteiger partial charge in [0.25, 0.3) is 5.91 Å². The molecule has 0 aliphatic carbocycles. The molecule has 4 aromatic carbocycles. The van der Waals surface area contributed by atoms with E-state index >= 15 is 0 Å². The average molecular weight is 576 g/mol. The number of nitrogens with zero attached hydrogens (tertiary/aromatic N) is 1. The Morgan fingerprint density at radius 3 is 2.14 bits per heavy atom. The van der Waals surface area contributed by atoms with Gasteiger partial charge >= 0.3 is 5.97 Å². The topological polar surface area (TPSA) is 113 Å². The number of aryl methyl sites for hydroxylation is 2. The number of carboxylic acids is 1. The molecule has 220 valence electrons. The van der Waals surface area contributed by atoms with Crippen LogP contribution in [0.15, 0.2) is 91.0 Å². The van der Waals surface area contributed by atoms with Crippen LogP contribution in [0.25, 0.3) is 11.1 Å². The van der Waals surface area contributed by atoms with Crippen molar-refractivity contribution in [2.45, 2.75) is 51.7 Å². The Hall–Kier alpha value is -4.75. The molecular formula is C36H37N3O4. The lowest BCUT2D eigenvalue weighted by Crippen LogP contribution is -2.54. The third-order valence-electron chi connectivity index (χ3n) is 8.28. The van der Waals surface area contributed by atoms with E-state index in [1.54, 1.807) is 0 Å². The molecular weight excluding hydrogens is 538 g/mol. The second-order valence-electron chi connectivity index (χ2n) is 11.3. The fraction of sp³-hybridized carbons (Fsp3) is 0.250. The molecule has 0 saturated carbocycles. The highest BCUT2D eigenvalue weighted by atomic mass is 16.4. The van der Waals surface area contributed by atoms with E-state index in [4.69, 9.17) is 5.73 Å². The maximum absolute atomic E-state index is 13.4. The molecule has 0 bridgehead atoms. The van der Waals surface area contributed by atoms with Crippen molar-refractivity contribution in [3.63, 3.8) is 0 Å². The van der Waals surface area contributed by atoms with Crippen LogP contribution in [0, 0.1) is 13.8 Å². The van der Waals surface area contributed by atoms with Crippen molar-refractivity contribution >= 4 is 17.8 Å². The SMILES string of the molecule is Cc1cc(C(=O)NCCc2ccc(-c3ccccc3)cc2)cc(C)c1C[C@H](N)C(=O)N1Cc2ccccc2C[C@H]1C(=O)O. The van der Waals surface area contributed by atoms with E-state index in [0.717, 1.165) is 38.9 Å². The number of fused-ring (bicyclic) bond motifs is 1. The smallest absolute Gasteiger partial charge is 0.326 e. The van der Waals surface area contributed by atoms with E-state index in [1.165, 1.54) is 10.5 Å². The second-order valence-corrected chi connectivity index (χ2v) is 11.3. The molecule has 1 aliphatic rings. The fourth-order valence-corrected chi connectivity index (χ4v) is 5.86. The molecule has 43 heavy (non-hydrogen) atoms. The van der Waals surface area contributed by atoms with Crippen molar-refractivity contribution in [3.05, 3.63) is 130 Å². The summed E-state index contributed by atoms with van der Waals surface area (Å²) in [5, 5.41) is 12.8. The van der Waals surface area contributed by atoms with Crippen molar-refractivity contribution in [3.8, 4) is 11.1 Å². The summed E-state index contributed by atoms with van der Waals surface area (Å²) in [4.78, 5) is 39.8. The fourth-order valence-electron chi connectivity index (χ4n) is 5.86. The Morgan fingerprint density at radius 1 is 0.884 bits per heavy atom. The van der Waals surface area contributed by atoms with Gasteiger partial charge in [0.1, 0.15) is 6.04 Å². The summed E-state index contributed by atoms with van der Waals surface area (Å²) in [6.45, 7) is 4.53. The third kappa shape index (κ3) is 6.84. The number of rotatable bonds is 9. The van der Waals surface area contributed by atoms with Crippen LogP contribution in [-0.4, -0.2) is 46.4 Å². The maximum Gasteiger partial charge on any atom is 0.326 e. The Kier molecular flexibility index (Phi) is 9.02. The Balaban J connectivity index is 1.19. The molecule has 1 aliphatic heterocycles. The number of benzene rings is 4. The lowest BCUT2D eigenvalue weighted by atomic mass is 9.91. The number of nitrogens with one attached hydrogen (secondary N) is 1. The predicted octanol–water partition coefficient (Wildman–Crippen LogP) is 4.85. The molecule has 1 heterocycles. The number of hydrogen-bond acceptors (Lipinski definition) is 4. The average Bonchev–Trinajstić information content (AvgIpc) is 3.02. The standard InChI is InChI=1S/C36H37N3O4/c1-23-18-30(34(40)38-17-16-25-12-14-27(15-13-25)26-8-4-3-5-9-26)19-24(2)31(23)21-32(37)35(41)39-22-29-11-7-6-10-28(29)20-33(39)36(42)43/h3-15,18-19,32-33H,16-17,20-22,37H2,1-2H3,(H,38,40)(H,42,43)/t32-,33-/m0/s1. The van der Waals surface area contributed by atoms with Crippen LogP contribution in [-0.2, 0) is 35.4 Å². The van der Waals surface area contributed by atoms with Crippen molar-refractivity contribution in [1.29, 1.82) is 0 Å². The van der Waals surface area contributed by atoms with E-state index in [9.17, 15) is 19.5 Å². The minimum Gasteiger partial charge on any atom is -0.480 e. The summed E-state index contributed by atoms with van der Waals surface area (Å²) in [6, 6.07) is 27.9. The normalized spacial score (nSPS) is 15.0. The van der Waals surface area contributed by atoms with Crippen LogP contribution < -0.4 is 11.1 Å². The van der Waals surface area contributed by atoms with Gasteiger partial charge in [-0.2, -0.15) is 0 Å². The van der Waals surface area contributed by atoms with Crippen molar-refractivity contribution in [2.24, 2.45) is 5.73 Å². The van der Waals surface area contributed by atoms with E-state index in [2.05, 4.69) is 41.7 Å². The molecule has 0 spiro atoms. The first-order valence-electron chi connectivity index (χ1n) is 14.6. The highest BCUT2D eigenvalue weighted by Gasteiger charge is 2.36. The summed E-state index contributed by atoms with van der Waals surface area (Å²) in [7, 11) is 0. The quantitative estimate of drug-likeness (QED) is 0.264. The van der Waals surface area contributed by atoms with E-state index in [1.807, 2.05) is 68.4 Å². The monoisotopic (exact) mass is 575 g/mol. The van der Waals surface area contributed by atoms with Gasteiger partial charge in [-0.1, -0.05) is 78.9 Å². The third-order valence-corrected chi connectivity index (χ3v) is 8.28. The number of nitrogens with two attached hydrogens (primary N) is 1. The first kappa shape index (κ1) is 29.7. The highest BCUT2D eigenvalue weighted by Crippen LogP contribution is 2.26. The zero-order valence-electron chi connectivity index (χ0n) is 24.5. The van der Waals surface area contributed by atoms with Gasteiger partial charge in [0.2, 0.25) is 5.91 Å². The molecule has 7 nitrogen and oxygen atoms in total. The zero-order chi connectivity index (χ0) is 30.5. The summed E-state index contributed by atoms with van der Waals surface area (Å²) in [5.74, 6) is -1.59. The molecule has 2 amide bonds. The predicted molar refractivity (Wildman–Crippen MR) is 168 cm³/mol. The summed E-state index contributed by atoms with van der Waals surface area (Å²) in [5.41, 5.74) is 14.9. The molecule has 0 unspecified atom stereocenters. The largest absolute Gasteiger partial charge is 0.480 e. The number of aliphatic carboxylic acids is 1. The van der Waals surface area contributed by atoms with Gasteiger partial charge < -0.3 is 21.1 Å².